The normalized spacial score (nSPS) is 23.7. The number of oxime groups is 1. The Morgan fingerprint density at radius 1 is 1.46 bits per heavy atom. The summed E-state index contributed by atoms with van der Waals surface area (Å²) in [6, 6.07) is -0.840. The molecular formula is C18H19N7O6S4. The molecule has 2 aromatic rings. The Morgan fingerprint density at radius 2 is 2.29 bits per heavy atom. The minimum Gasteiger partial charge on any atom is -0.481 e. The Balaban J connectivity index is 1.43. The SMILES string of the molecule is CCON=C(C(=O)NC1C(=O)N2CC(CSc3nncs3)(C(=O)O)CS[C@H]12)c1csc(NC=O)n1. The van der Waals surface area contributed by atoms with E-state index < -0.39 is 28.7 Å². The number of nitrogens with zero attached hydrogens (tertiary/aromatic N) is 5. The molecule has 2 fully saturated rings. The predicted octanol–water partition coefficient (Wildman–Crippen LogP) is 0.567. The van der Waals surface area contributed by atoms with Crippen LogP contribution in [0.5, 0.6) is 0 Å². The molecule has 186 valence electrons. The maximum Gasteiger partial charge on any atom is 0.313 e. The monoisotopic (exact) mass is 557 g/mol. The Hall–Kier alpha value is -2.76. The predicted molar refractivity (Wildman–Crippen MR) is 131 cm³/mol. The summed E-state index contributed by atoms with van der Waals surface area (Å²) >= 11 is 5.03. The Labute approximate surface area is 215 Å². The number of fused-ring (bicyclic) bond motifs is 1. The molecule has 4 rings (SSSR count). The third-order valence-electron chi connectivity index (χ3n) is 5.13. The van der Waals surface area contributed by atoms with Gasteiger partial charge in [-0.15, -0.1) is 33.3 Å². The maximum absolute atomic E-state index is 13.0. The largest absolute Gasteiger partial charge is 0.481 e. The third-order valence-corrected chi connectivity index (χ3v) is 9.64. The van der Waals surface area contributed by atoms with Gasteiger partial charge in [-0.1, -0.05) is 28.3 Å². The smallest absolute Gasteiger partial charge is 0.313 e. The van der Waals surface area contributed by atoms with Gasteiger partial charge in [0.1, 0.15) is 34.6 Å². The number of hydrogen-bond donors (Lipinski definition) is 3. The van der Waals surface area contributed by atoms with Crippen molar-refractivity contribution in [3.63, 3.8) is 0 Å². The molecule has 0 aliphatic carbocycles. The molecule has 3 atom stereocenters. The second kappa shape index (κ2) is 10.9. The fraction of sp³-hybridized carbons (Fsp3) is 0.444. The van der Waals surface area contributed by atoms with Gasteiger partial charge in [-0.2, -0.15) is 0 Å². The summed E-state index contributed by atoms with van der Waals surface area (Å²) in [5.41, 5.74) is 0.472. The van der Waals surface area contributed by atoms with Gasteiger partial charge < -0.3 is 25.5 Å². The van der Waals surface area contributed by atoms with Crippen LogP contribution >= 0.6 is 46.2 Å². The zero-order valence-corrected chi connectivity index (χ0v) is 21.3. The van der Waals surface area contributed by atoms with Gasteiger partial charge in [0.2, 0.25) is 12.3 Å². The summed E-state index contributed by atoms with van der Waals surface area (Å²) in [5, 5.41) is 27.9. The van der Waals surface area contributed by atoms with Crippen molar-refractivity contribution in [2.75, 3.05) is 30.0 Å². The Morgan fingerprint density at radius 3 is 2.97 bits per heavy atom. The molecule has 2 aromatic heterocycles. The molecule has 0 bridgehead atoms. The number of aliphatic carboxylic acids is 1. The molecule has 2 unspecified atom stereocenters. The maximum atomic E-state index is 13.0. The van der Waals surface area contributed by atoms with Gasteiger partial charge in [0.05, 0.1) is 0 Å². The molecule has 0 saturated carbocycles. The standard InChI is InChI=1S/C18H19N7O6S4/c1-2-31-24-10(9-3-32-16(21-9)19-7-26)12(27)22-11-13(28)25-4-18(15(29)30,5-33-14(11)25)6-34-17-23-20-8-35-17/h3,7-8,11,14H,2,4-6H2,1H3,(H,22,27)(H,29,30)(H,19,21,26)/t11?,14-,18?/m1/s1. The quantitative estimate of drug-likeness (QED) is 0.116. The van der Waals surface area contributed by atoms with E-state index in [1.807, 2.05) is 0 Å². The van der Waals surface area contributed by atoms with Crippen LogP contribution < -0.4 is 10.6 Å². The van der Waals surface area contributed by atoms with Crippen molar-refractivity contribution in [1.29, 1.82) is 0 Å². The van der Waals surface area contributed by atoms with Gasteiger partial charge >= 0.3 is 5.97 Å². The van der Waals surface area contributed by atoms with E-state index in [2.05, 4.69) is 31.0 Å². The van der Waals surface area contributed by atoms with Crippen molar-refractivity contribution >= 4 is 81.2 Å². The highest BCUT2D eigenvalue weighted by Crippen LogP contribution is 2.44. The summed E-state index contributed by atoms with van der Waals surface area (Å²) in [6.45, 7) is 1.94. The number of β-lactam (4-membered cyclic amide) rings is 1. The van der Waals surface area contributed by atoms with Crippen molar-refractivity contribution in [2.45, 2.75) is 22.7 Å². The number of thiazole rings is 1. The average molecular weight is 558 g/mol. The van der Waals surface area contributed by atoms with Crippen molar-refractivity contribution < 1.29 is 29.1 Å². The van der Waals surface area contributed by atoms with Gasteiger partial charge in [-0.05, 0) is 6.92 Å². The lowest BCUT2D eigenvalue weighted by atomic mass is 9.89. The molecule has 13 nitrogen and oxygen atoms in total. The average Bonchev–Trinajstić information content (AvgIpc) is 3.54. The summed E-state index contributed by atoms with van der Waals surface area (Å²) in [4.78, 5) is 59.3. The summed E-state index contributed by atoms with van der Waals surface area (Å²) < 4.78 is 0.660. The Kier molecular flexibility index (Phi) is 7.88. The van der Waals surface area contributed by atoms with E-state index in [9.17, 15) is 24.3 Å². The first-order valence-electron chi connectivity index (χ1n) is 10.1. The van der Waals surface area contributed by atoms with Crippen LogP contribution in [-0.2, 0) is 24.0 Å². The lowest BCUT2D eigenvalue weighted by molar-refractivity contribution is -0.157. The number of nitrogens with one attached hydrogen (secondary N) is 2. The molecule has 2 saturated heterocycles. The molecule has 0 radical (unpaired) electrons. The van der Waals surface area contributed by atoms with Crippen molar-refractivity contribution in [2.24, 2.45) is 10.6 Å². The third kappa shape index (κ3) is 5.26. The molecule has 2 aliphatic rings. The topological polar surface area (TPSA) is 176 Å². The van der Waals surface area contributed by atoms with E-state index in [1.165, 1.54) is 45.1 Å². The van der Waals surface area contributed by atoms with Gasteiger partial charge in [0, 0.05) is 23.4 Å². The van der Waals surface area contributed by atoms with Gasteiger partial charge in [0.15, 0.2) is 15.2 Å². The number of rotatable bonds is 11. The number of carboxylic acids is 1. The number of carbonyl (C=O) groups is 4. The zero-order chi connectivity index (χ0) is 25.0. The molecular weight excluding hydrogens is 539 g/mol. The first-order chi connectivity index (χ1) is 16.9. The second-order valence-electron chi connectivity index (χ2n) is 7.36. The van der Waals surface area contributed by atoms with Gasteiger partial charge in [0.25, 0.3) is 5.91 Å². The number of amides is 3. The van der Waals surface area contributed by atoms with E-state index in [4.69, 9.17) is 4.84 Å². The van der Waals surface area contributed by atoms with E-state index in [1.54, 1.807) is 12.4 Å². The van der Waals surface area contributed by atoms with Gasteiger partial charge in [-0.25, -0.2) is 4.98 Å². The molecule has 2 aliphatic heterocycles. The number of aromatic nitrogens is 3. The van der Waals surface area contributed by atoms with Crippen LogP contribution in [0.2, 0.25) is 0 Å². The lowest BCUT2D eigenvalue weighted by Gasteiger charge is -2.53. The van der Waals surface area contributed by atoms with Crippen LogP contribution in [-0.4, -0.2) is 91.2 Å². The highest BCUT2D eigenvalue weighted by molar-refractivity contribution is 8.01. The van der Waals surface area contributed by atoms with Crippen molar-refractivity contribution in [1.82, 2.24) is 25.4 Å². The molecule has 3 amide bonds. The Bertz CT molecular complexity index is 1140. The number of carboxylic acid groups (broad SMARTS) is 1. The second-order valence-corrected chi connectivity index (χ2v) is 11.4. The number of hydrogen-bond acceptors (Lipinski definition) is 13. The van der Waals surface area contributed by atoms with E-state index in [0.29, 0.717) is 10.7 Å². The molecule has 4 heterocycles. The van der Waals surface area contributed by atoms with E-state index in [0.717, 1.165) is 11.3 Å². The van der Waals surface area contributed by atoms with Crippen LogP contribution in [0.25, 0.3) is 0 Å². The first kappa shape index (κ1) is 25.3. The zero-order valence-electron chi connectivity index (χ0n) is 18.1. The van der Waals surface area contributed by atoms with Crippen molar-refractivity contribution in [3.05, 3.63) is 16.6 Å². The van der Waals surface area contributed by atoms with Crippen LogP contribution in [0.4, 0.5) is 5.13 Å². The molecule has 3 N–H and O–H groups in total. The number of carbonyl (C=O) groups excluding carboxylic acids is 3. The first-order valence-corrected chi connectivity index (χ1v) is 13.9. The molecule has 17 heteroatoms. The number of thioether (sulfide) groups is 2. The van der Waals surface area contributed by atoms with Crippen LogP contribution in [0.3, 0.4) is 0 Å². The highest BCUT2D eigenvalue weighted by atomic mass is 32.2. The van der Waals surface area contributed by atoms with Crippen LogP contribution in [0, 0.1) is 5.41 Å². The van der Waals surface area contributed by atoms with E-state index >= 15 is 0 Å². The molecule has 0 aromatic carbocycles. The highest BCUT2D eigenvalue weighted by Gasteiger charge is 2.57. The summed E-state index contributed by atoms with van der Waals surface area (Å²) in [7, 11) is 0. The van der Waals surface area contributed by atoms with Crippen molar-refractivity contribution in [3.8, 4) is 0 Å². The molecule has 35 heavy (non-hydrogen) atoms. The minimum absolute atomic E-state index is 0.0315. The van der Waals surface area contributed by atoms with E-state index in [-0.39, 0.29) is 47.1 Å². The number of anilines is 1. The fourth-order valence-corrected chi connectivity index (χ4v) is 7.38. The minimum atomic E-state index is -1.15. The summed E-state index contributed by atoms with van der Waals surface area (Å²) in [5.74, 6) is -1.53. The van der Waals surface area contributed by atoms with Gasteiger partial charge in [-0.3, -0.25) is 19.2 Å². The fourth-order valence-electron chi connectivity index (χ4n) is 3.37. The lowest BCUT2D eigenvalue weighted by Crippen LogP contribution is -2.74. The molecule has 0 spiro atoms. The van der Waals surface area contributed by atoms with Crippen LogP contribution in [0.15, 0.2) is 20.4 Å². The van der Waals surface area contributed by atoms with Crippen LogP contribution in [0.1, 0.15) is 12.6 Å². The summed E-state index contributed by atoms with van der Waals surface area (Å²) in [6.07, 6.45) is 0.466.